The van der Waals surface area contributed by atoms with Gasteiger partial charge in [-0.1, -0.05) is 12.1 Å². The van der Waals surface area contributed by atoms with Crippen LogP contribution in [-0.2, 0) is 20.7 Å². The van der Waals surface area contributed by atoms with Crippen molar-refractivity contribution >= 4 is 29.1 Å². The summed E-state index contributed by atoms with van der Waals surface area (Å²) in [6.07, 6.45) is -5.19. The number of aromatic hydroxyl groups is 2. The third-order valence-corrected chi connectivity index (χ3v) is 8.18. The topological polar surface area (TPSA) is 224 Å². The Kier molecular flexibility index (Phi) is 8.47. The Morgan fingerprint density at radius 3 is 2.49 bits per heavy atom. The number of benzene rings is 2. The summed E-state index contributed by atoms with van der Waals surface area (Å²) < 4.78 is 17.1. The first-order valence-corrected chi connectivity index (χ1v) is 12.9. The Morgan fingerprint density at radius 1 is 1.17 bits per heavy atom. The zero-order chi connectivity index (χ0) is 29.1. The van der Waals surface area contributed by atoms with Crippen LogP contribution in [0, 0.1) is 0 Å². The van der Waals surface area contributed by atoms with Crippen LogP contribution >= 0.6 is 11.8 Å². The Balaban J connectivity index is 0.00000387. The number of fused-ring (bicyclic) bond motifs is 3. The molecule has 8 N–H and O–H groups in total. The lowest BCUT2D eigenvalue weighted by molar-refractivity contribution is -0.248. The van der Waals surface area contributed by atoms with Crippen LogP contribution in [0.15, 0.2) is 18.2 Å². The number of rotatable bonds is 6. The van der Waals surface area contributed by atoms with E-state index in [0.29, 0.717) is 0 Å². The zero-order valence-corrected chi connectivity index (χ0v) is 22.8. The van der Waals surface area contributed by atoms with Crippen LogP contribution in [-0.4, -0.2) is 92.2 Å². The number of nitrogens with one attached hydrogen (secondary N) is 1. The minimum Gasteiger partial charge on any atom is -0.507 e. The molecule has 0 spiro atoms. The number of ether oxygens (including phenoxy) is 3. The second-order valence-electron chi connectivity index (χ2n) is 10.2. The zero-order valence-electron chi connectivity index (χ0n) is 22.0. The van der Waals surface area contributed by atoms with Crippen LogP contribution < -0.4 is 9.57 Å². The summed E-state index contributed by atoms with van der Waals surface area (Å²) in [5, 5.41) is 54.0. The standard InChI is InChI=1S/C27H28ClNO11.H2O/c1-10-22(32)13(29-28)6-17(39-10)40-15-8-27(37,16(31)9-30)7-12-19(15)26(36)21-20(24(12)34)23(33)11-4-3-5-14(38-2)18(11)25(21)35;/h3-5,10,13,15,17,22,29-30,32,34,36-37H,6-9H2,1-2H3;1H2/t10?,13?,15-,17?,22?,27-;/m0./s1. The minimum absolute atomic E-state index is 0. The van der Waals surface area contributed by atoms with Crippen molar-refractivity contribution in [1.29, 1.82) is 0 Å². The normalized spacial score (nSPS) is 28.7. The lowest BCUT2D eigenvalue weighted by Crippen LogP contribution is -2.53. The van der Waals surface area contributed by atoms with Gasteiger partial charge in [-0.25, -0.2) is 4.84 Å². The third-order valence-electron chi connectivity index (χ3n) is 7.90. The van der Waals surface area contributed by atoms with E-state index in [1.54, 1.807) is 6.92 Å². The summed E-state index contributed by atoms with van der Waals surface area (Å²) in [6, 6.07) is 3.70. The second-order valence-corrected chi connectivity index (χ2v) is 10.4. The van der Waals surface area contributed by atoms with Crippen molar-refractivity contribution in [2.45, 2.75) is 62.4 Å². The number of phenols is 2. The van der Waals surface area contributed by atoms with E-state index in [2.05, 4.69) is 4.84 Å². The number of Topliss-reactive ketones (excluding diaryl/α,β-unsaturated/α-hetero) is 1. The number of methoxy groups -OCH3 is 1. The molecular weight excluding hydrogens is 566 g/mol. The summed E-state index contributed by atoms with van der Waals surface area (Å²) in [4.78, 5) is 42.3. The van der Waals surface area contributed by atoms with Gasteiger partial charge in [0.15, 0.2) is 17.9 Å². The maximum atomic E-state index is 13.7. The molecular formula is C27H30ClNO12. The highest BCUT2D eigenvalue weighted by atomic mass is 35.5. The van der Waals surface area contributed by atoms with Crippen molar-refractivity contribution in [3.05, 3.63) is 51.6 Å². The summed E-state index contributed by atoms with van der Waals surface area (Å²) in [5.74, 6) is -3.81. The van der Waals surface area contributed by atoms with Gasteiger partial charge < -0.3 is 45.2 Å². The van der Waals surface area contributed by atoms with E-state index in [4.69, 9.17) is 26.0 Å². The van der Waals surface area contributed by atoms with Gasteiger partial charge in [0.05, 0.1) is 48.2 Å². The van der Waals surface area contributed by atoms with Gasteiger partial charge in [0, 0.05) is 36.0 Å². The summed E-state index contributed by atoms with van der Waals surface area (Å²) in [7, 11) is 1.32. The first-order valence-electron chi connectivity index (χ1n) is 12.6. The van der Waals surface area contributed by atoms with E-state index in [9.17, 15) is 39.9 Å². The Morgan fingerprint density at radius 2 is 1.85 bits per heavy atom. The number of ketones is 3. The number of hydrogen-bond donors (Lipinski definition) is 6. The van der Waals surface area contributed by atoms with Crippen molar-refractivity contribution in [1.82, 2.24) is 4.84 Å². The van der Waals surface area contributed by atoms with Crippen molar-refractivity contribution in [2.24, 2.45) is 0 Å². The molecule has 3 aliphatic rings. The van der Waals surface area contributed by atoms with E-state index in [0.717, 1.165) is 0 Å². The number of phenolic OH excluding ortho intramolecular Hbond substituents is 2. The fraction of sp³-hybridized carbons (Fsp3) is 0.444. The number of carbonyl (C=O) groups excluding carboxylic acids is 3. The van der Waals surface area contributed by atoms with Crippen LogP contribution in [0.3, 0.4) is 0 Å². The van der Waals surface area contributed by atoms with Crippen LogP contribution in [0.5, 0.6) is 17.2 Å². The maximum absolute atomic E-state index is 13.7. The molecule has 222 valence electrons. The molecule has 1 fully saturated rings. The molecule has 0 radical (unpaired) electrons. The maximum Gasteiger partial charge on any atom is 0.202 e. The molecule has 2 aliphatic carbocycles. The SMILES string of the molecule is COc1cccc2c1C(=O)c1c(O)c3c(c(O)c1C2=O)C[C@@](O)(C(=O)CO)C[C@@H]3OC1CC(NCl)C(O)C(C)O1.O. The van der Waals surface area contributed by atoms with Crippen LogP contribution in [0.4, 0.5) is 0 Å². The van der Waals surface area contributed by atoms with Crippen molar-refractivity contribution in [3.63, 3.8) is 0 Å². The molecule has 1 saturated heterocycles. The fourth-order valence-corrected chi connectivity index (χ4v) is 6.04. The number of hydrogen-bond acceptors (Lipinski definition) is 12. The molecule has 1 heterocycles. The van der Waals surface area contributed by atoms with Gasteiger partial charge >= 0.3 is 0 Å². The molecule has 4 unspecified atom stereocenters. The summed E-state index contributed by atoms with van der Waals surface area (Å²) in [6.45, 7) is 0.554. The van der Waals surface area contributed by atoms with Crippen LogP contribution in [0.1, 0.15) is 68.8 Å². The van der Waals surface area contributed by atoms with Gasteiger partial charge in [-0.3, -0.25) is 14.4 Å². The predicted octanol–water partition coefficient (Wildman–Crippen LogP) is -0.0387. The largest absolute Gasteiger partial charge is 0.507 e. The molecule has 14 heteroatoms. The Hall–Kier alpha value is -3.14. The summed E-state index contributed by atoms with van der Waals surface area (Å²) >= 11 is 5.77. The number of aliphatic hydroxyl groups excluding tert-OH is 2. The van der Waals surface area contributed by atoms with Gasteiger partial charge in [-0.15, -0.1) is 0 Å². The Bertz CT molecular complexity index is 1410. The van der Waals surface area contributed by atoms with E-state index in [-0.39, 0.29) is 39.9 Å². The molecule has 0 amide bonds. The molecule has 0 bridgehead atoms. The fourth-order valence-electron chi connectivity index (χ4n) is 5.82. The van der Waals surface area contributed by atoms with Gasteiger partial charge in [-0.05, 0) is 24.8 Å². The lowest BCUT2D eigenvalue weighted by atomic mass is 9.72. The number of carbonyl (C=O) groups is 3. The lowest BCUT2D eigenvalue weighted by Gasteiger charge is -2.42. The monoisotopic (exact) mass is 595 g/mol. The predicted molar refractivity (Wildman–Crippen MR) is 140 cm³/mol. The molecule has 1 aliphatic heterocycles. The van der Waals surface area contributed by atoms with E-state index in [1.165, 1.54) is 25.3 Å². The van der Waals surface area contributed by atoms with Crippen LogP contribution in [0.2, 0.25) is 0 Å². The first kappa shape index (κ1) is 30.8. The molecule has 13 nitrogen and oxygen atoms in total. The van der Waals surface area contributed by atoms with Crippen molar-refractivity contribution < 1.29 is 59.6 Å². The van der Waals surface area contributed by atoms with E-state index < -0.39 is 95.7 Å². The average molecular weight is 596 g/mol. The molecule has 2 aromatic carbocycles. The second kappa shape index (κ2) is 11.3. The Labute approximate surface area is 238 Å². The third kappa shape index (κ3) is 4.77. The van der Waals surface area contributed by atoms with Crippen molar-refractivity contribution in [2.75, 3.05) is 13.7 Å². The van der Waals surface area contributed by atoms with E-state index in [1.807, 2.05) is 0 Å². The van der Waals surface area contributed by atoms with Gasteiger partial charge in [0.2, 0.25) is 5.78 Å². The smallest absolute Gasteiger partial charge is 0.202 e. The molecule has 2 aromatic rings. The number of aliphatic hydroxyl groups is 3. The molecule has 0 aromatic heterocycles. The first-order chi connectivity index (χ1) is 19.0. The molecule has 0 saturated carbocycles. The molecule has 41 heavy (non-hydrogen) atoms. The average Bonchev–Trinajstić information content (AvgIpc) is 2.94. The molecule has 6 atom stereocenters. The van der Waals surface area contributed by atoms with E-state index >= 15 is 0 Å². The quantitative estimate of drug-likeness (QED) is 0.163. The van der Waals surface area contributed by atoms with Crippen LogP contribution in [0.25, 0.3) is 0 Å². The van der Waals surface area contributed by atoms with Crippen molar-refractivity contribution in [3.8, 4) is 17.2 Å². The van der Waals surface area contributed by atoms with Gasteiger partial charge in [0.25, 0.3) is 0 Å². The minimum atomic E-state index is -2.25. The highest BCUT2D eigenvalue weighted by Crippen LogP contribution is 2.52. The number of halogens is 1. The summed E-state index contributed by atoms with van der Waals surface area (Å²) in [5.41, 5.74) is -3.68. The van der Waals surface area contributed by atoms with Gasteiger partial charge in [-0.2, -0.15) is 0 Å². The van der Waals surface area contributed by atoms with Gasteiger partial charge in [0.1, 0.15) is 29.5 Å². The molecule has 5 rings (SSSR count). The highest BCUT2D eigenvalue weighted by Gasteiger charge is 2.50. The highest BCUT2D eigenvalue weighted by molar-refractivity contribution is 6.31.